The fourth-order valence-electron chi connectivity index (χ4n) is 1.81. The Balaban J connectivity index is 2.54. The van der Waals surface area contributed by atoms with Crippen molar-refractivity contribution in [3.63, 3.8) is 0 Å². The minimum atomic E-state index is -1.48. The Bertz CT molecular complexity index is 582. The highest BCUT2D eigenvalue weighted by Gasteiger charge is 2.28. The normalized spacial score (nSPS) is 14.3. The molecule has 0 radical (unpaired) electrons. The van der Waals surface area contributed by atoms with Crippen LogP contribution in [-0.4, -0.2) is 5.11 Å². The number of halogens is 3. The highest BCUT2D eigenvalue weighted by Crippen LogP contribution is 2.34. The molecule has 0 fully saturated rings. The summed E-state index contributed by atoms with van der Waals surface area (Å²) in [6, 6.07) is 10.0. The Morgan fingerprint density at radius 3 is 2.33 bits per heavy atom. The molecule has 0 bridgehead atoms. The molecule has 1 atom stereocenters. The van der Waals surface area contributed by atoms with E-state index in [4.69, 9.17) is 11.6 Å². The van der Waals surface area contributed by atoms with Gasteiger partial charge in [0.1, 0.15) is 5.60 Å². The molecular formula is C14H11ClF2O. The Morgan fingerprint density at radius 2 is 1.72 bits per heavy atom. The summed E-state index contributed by atoms with van der Waals surface area (Å²) >= 11 is 6.00. The second kappa shape index (κ2) is 4.67. The van der Waals surface area contributed by atoms with E-state index >= 15 is 0 Å². The summed E-state index contributed by atoms with van der Waals surface area (Å²) in [6.45, 7) is 1.49. The van der Waals surface area contributed by atoms with Gasteiger partial charge in [-0.2, -0.15) is 0 Å². The topological polar surface area (TPSA) is 20.2 Å². The molecule has 2 aromatic rings. The molecule has 0 aliphatic heterocycles. The predicted octanol–water partition coefficient (Wildman–Crippen LogP) is 3.87. The van der Waals surface area contributed by atoms with E-state index in [0.717, 1.165) is 12.1 Å². The number of benzene rings is 2. The first kappa shape index (κ1) is 13.0. The standard InChI is InChI=1S/C14H11ClF2O/c1-14(18,10-4-2-3-5-11(10)15)9-6-7-12(16)13(17)8-9/h2-8,18H,1H3. The first-order valence-corrected chi connectivity index (χ1v) is 5.73. The van der Waals surface area contributed by atoms with Crippen molar-refractivity contribution in [2.24, 2.45) is 0 Å². The quantitative estimate of drug-likeness (QED) is 0.876. The first-order valence-electron chi connectivity index (χ1n) is 5.36. The average Bonchev–Trinajstić information content (AvgIpc) is 2.33. The van der Waals surface area contributed by atoms with Crippen LogP contribution in [-0.2, 0) is 5.60 Å². The number of hydrogen-bond donors (Lipinski definition) is 1. The highest BCUT2D eigenvalue weighted by atomic mass is 35.5. The van der Waals surface area contributed by atoms with Crippen LogP contribution in [0.5, 0.6) is 0 Å². The molecule has 0 amide bonds. The van der Waals surface area contributed by atoms with Crippen molar-refractivity contribution in [1.82, 2.24) is 0 Å². The molecule has 1 N–H and O–H groups in total. The van der Waals surface area contributed by atoms with E-state index in [9.17, 15) is 13.9 Å². The SMILES string of the molecule is CC(O)(c1ccc(F)c(F)c1)c1ccccc1Cl. The molecule has 2 rings (SSSR count). The lowest BCUT2D eigenvalue weighted by Crippen LogP contribution is -2.23. The van der Waals surface area contributed by atoms with Crippen molar-refractivity contribution in [3.8, 4) is 0 Å². The lowest BCUT2D eigenvalue weighted by atomic mass is 9.88. The van der Waals surface area contributed by atoms with Crippen molar-refractivity contribution < 1.29 is 13.9 Å². The maximum Gasteiger partial charge on any atom is 0.159 e. The summed E-state index contributed by atoms with van der Waals surface area (Å²) in [5.41, 5.74) is -0.792. The van der Waals surface area contributed by atoms with E-state index in [1.54, 1.807) is 24.3 Å². The third-order valence-corrected chi connectivity index (χ3v) is 3.21. The summed E-state index contributed by atoms with van der Waals surface area (Å²) in [5.74, 6) is -1.95. The second-order valence-corrected chi connectivity index (χ2v) is 4.59. The van der Waals surface area contributed by atoms with E-state index in [-0.39, 0.29) is 5.56 Å². The van der Waals surface area contributed by atoms with Gasteiger partial charge in [0.2, 0.25) is 0 Å². The monoisotopic (exact) mass is 268 g/mol. The van der Waals surface area contributed by atoms with Crippen LogP contribution in [0.1, 0.15) is 18.1 Å². The maximum atomic E-state index is 13.2. The zero-order chi connectivity index (χ0) is 13.3. The Morgan fingerprint density at radius 1 is 1.06 bits per heavy atom. The second-order valence-electron chi connectivity index (χ2n) is 4.18. The zero-order valence-corrected chi connectivity index (χ0v) is 10.4. The minimum Gasteiger partial charge on any atom is -0.381 e. The predicted molar refractivity (Wildman–Crippen MR) is 66.5 cm³/mol. The van der Waals surface area contributed by atoms with Gasteiger partial charge in [-0.15, -0.1) is 0 Å². The highest BCUT2D eigenvalue weighted by molar-refractivity contribution is 6.31. The smallest absolute Gasteiger partial charge is 0.159 e. The first-order chi connectivity index (χ1) is 8.43. The largest absolute Gasteiger partial charge is 0.381 e. The fourth-order valence-corrected chi connectivity index (χ4v) is 2.13. The van der Waals surface area contributed by atoms with Gasteiger partial charge in [-0.1, -0.05) is 35.9 Å². The Kier molecular flexibility index (Phi) is 3.37. The van der Waals surface area contributed by atoms with Crippen molar-refractivity contribution in [2.45, 2.75) is 12.5 Å². The van der Waals surface area contributed by atoms with Crippen LogP contribution >= 0.6 is 11.6 Å². The van der Waals surface area contributed by atoms with Gasteiger partial charge >= 0.3 is 0 Å². The maximum absolute atomic E-state index is 13.2. The molecule has 94 valence electrons. The Labute approximate surface area is 109 Å². The average molecular weight is 269 g/mol. The van der Waals surface area contributed by atoms with Crippen LogP contribution < -0.4 is 0 Å². The van der Waals surface area contributed by atoms with Gasteiger partial charge in [0.15, 0.2) is 11.6 Å². The molecule has 18 heavy (non-hydrogen) atoms. The van der Waals surface area contributed by atoms with E-state index < -0.39 is 17.2 Å². The molecule has 0 aliphatic rings. The van der Waals surface area contributed by atoms with Crippen LogP contribution in [0.25, 0.3) is 0 Å². The molecule has 0 heterocycles. The molecule has 4 heteroatoms. The molecule has 0 aromatic heterocycles. The fraction of sp³-hybridized carbons (Fsp3) is 0.143. The molecule has 0 saturated heterocycles. The van der Waals surface area contributed by atoms with Crippen molar-refractivity contribution in [2.75, 3.05) is 0 Å². The number of aliphatic hydroxyl groups is 1. The summed E-state index contributed by atoms with van der Waals surface area (Å²) in [5, 5.41) is 10.8. The zero-order valence-electron chi connectivity index (χ0n) is 9.62. The van der Waals surface area contributed by atoms with Gasteiger partial charge in [0, 0.05) is 10.6 Å². The van der Waals surface area contributed by atoms with E-state index in [1.165, 1.54) is 13.0 Å². The van der Waals surface area contributed by atoms with Gasteiger partial charge in [0.05, 0.1) is 0 Å². The summed E-state index contributed by atoms with van der Waals surface area (Å²) < 4.78 is 26.1. The third kappa shape index (κ3) is 2.24. The van der Waals surface area contributed by atoms with Crippen LogP contribution in [0, 0.1) is 11.6 Å². The number of rotatable bonds is 2. The molecule has 2 aromatic carbocycles. The Hall–Kier alpha value is -1.45. The molecule has 0 spiro atoms. The lowest BCUT2D eigenvalue weighted by molar-refractivity contribution is 0.102. The van der Waals surface area contributed by atoms with E-state index in [2.05, 4.69) is 0 Å². The van der Waals surface area contributed by atoms with E-state index in [1.807, 2.05) is 0 Å². The number of hydrogen-bond acceptors (Lipinski definition) is 1. The van der Waals surface area contributed by atoms with Crippen LogP contribution in [0.4, 0.5) is 8.78 Å². The van der Waals surface area contributed by atoms with Crippen molar-refractivity contribution >= 4 is 11.6 Å². The van der Waals surface area contributed by atoms with Gasteiger partial charge in [-0.3, -0.25) is 0 Å². The molecule has 0 saturated carbocycles. The molecule has 1 nitrogen and oxygen atoms in total. The summed E-state index contributed by atoms with van der Waals surface area (Å²) in [7, 11) is 0. The van der Waals surface area contributed by atoms with Crippen molar-refractivity contribution in [3.05, 3.63) is 70.2 Å². The van der Waals surface area contributed by atoms with Gasteiger partial charge in [0.25, 0.3) is 0 Å². The van der Waals surface area contributed by atoms with Crippen LogP contribution in [0.2, 0.25) is 5.02 Å². The summed E-state index contributed by atoms with van der Waals surface area (Å²) in [4.78, 5) is 0. The van der Waals surface area contributed by atoms with Crippen LogP contribution in [0.3, 0.4) is 0 Å². The molecule has 1 unspecified atom stereocenters. The van der Waals surface area contributed by atoms with Gasteiger partial charge < -0.3 is 5.11 Å². The third-order valence-electron chi connectivity index (χ3n) is 2.88. The van der Waals surface area contributed by atoms with Gasteiger partial charge in [-0.05, 0) is 30.7 Å². The molecular weight excluding hydrogens is 258 g/mol. The summed E-state index contributed by atoms with van der Waals surface area (Å²) in [6.07, 6.45) is 0. The molecule has 0 aliphatic carbocycles. The minimum absolute atomic E-state index is 0.245. The lowest BCUT2D eigenvalue weighted by Gasteiger charge is -2.25. The van der Waals surface area contributed by atoms with Gasteiger partial charge in [-0.25, -0.2) is 8.78 Å². The van der Waals surface area contributed by atoms with Crippen LogP contribution in [0.15, 0.2) is 42.5 Å². The van der Waals surface area contributed by atoms with E-state index in [0.29, 0.717) is 10.6 Å². The van der Waals surface area contributed by atoms with Crippen molar-refractivity contribution in [1.29, 1.82) is 0 Å².